The maximum absolute atomic E-state index is 14.0. The van der Waals surface area contributed by atoms with Crippen molar-refractivity contribution in [3.05, 3.63) is 66.0 Å². The van der Waals surface area contributed by atoms with Gasteiger partial charge in [0.1, 0.15) is 23.8 Å². The molecule has 1 amide bonds. The molecule has 0 bridgehead atoms. The molecule has 0 spiro atoms. The molecule has 1 saturated carbocycles. The number of nitrogens with zero attached hydrogens (tertiary/aromatic N) is 2. The minimum Gasteiger partial charge on any atom is -0.346 e. The molecule has 3 N–H and O–H groups in total. The van der Waals surface area contributed by atoms with Crippen LogP contribution in [0.3, 0.4) is 0 Å². The molecule has 0 unspecified atom stereocenters. The van der Waals surface area contributed by atoms with Crippen molar-refractivity contribution in [1.82, 2.24) is 15.3 Å². The van der Waals surface area contributed by atoms with Crippen molar-refractivity contribution in [2.24, 2.45) is 0 Å². The van der Waals surface area contributed by atoms with Crippen molar-refractivity contribution in [3.63, 3.8) is 0 Å². The highest BCUT2D eigenvalue weighted by Crippen LogP contribution is 2.49. The van der Waals surface area contributed by atoms with E-state index in [-0.39, 0.29) is 11.7 Å². The van der Waals surface area contributed by atoms with Crippen LogP contribution in [0.15, 0.2) is 49.1 Å². The van der Waals surface area contributed by atoms with Crippen LogP contribution in [0.1, 0.15) is 24.0 Å². The average molecular weight is 339 g/mol. The highest BCUT2D eigenvalue weighted by atomic mass is 19.1. The van der Waals surface area contributed by atoms with E-state index in [1.807, 2.05) is 6.92 Å². The van der Waals surface area contributed by atoms with E-state index in [0.29, 0.717) is 24.2 Å². The Kier molecular flexibility index (Phi) is 4.56. The molecular formula is C18H18FN5O. The summed E-state index contributed by atoms with van der Waals surface area (Å²) in [6.07, 6.45) is 7.17. The molecule has 6 nitrogen and oxygen atoms in total. The Morgan fingerprint density at radius 3 is 2.80 bits per heavy atom. The molecule has 0 radical (unpaired) electrons. The fourth-order valence-corrected chi connectivity index (χ4v) is 2.63. The minimum absolute atomic E-state index is 0.0770. The van der Waals surface area contributed by atoms with E-state index in [4.69, 9.17) is 5.41 Å². The molecule has 1 aromatic carbocycles. The van der Waals surface area contributed by atoms with Gasteiger partial charge >= 0.3 is 0 Å². The van der Waals surface area contributed by atoms with Crippen molar-refractivity contribution in [2.75, 3.05) is 5.32 Å². The normalized spacial score (nSPS) is 15.0. The Morgan fingerprint density at radius 1 is 1.36 bits per heavy atom. The number of hydrogen-bond acceptors (Lipinski definition) is 5. The second kappa shape index (κ2) is 6.80. The third-order valence-corrected chi connectivity index (χ3v) is 4.19. The number of anilines is 1. The standard InChI is InChI=1S/C18H18FN5O/c1-12-10-21-11-23-16(12)22-9-6-15(20)24-17(25)18(7-8-18)13-4-2-3-5-14(13)19/h2-6,9-11H,7-8H2,1H3,(H2,20,24,25)(H,21,22,23)/b9-6-. The molecule has 1 aliphatic rings. The van der Waals surface area contributed by atoms with Gasteiger partial charge < -0.3 is 10.6 Å². The number of amides is 1. The van der Waals surface area contributed by atoms with Gasteiger partial charge in [0.15, 0.2) is 0 Å². The van der Waals surface area contributed by atoms with E-state index < -0.39 is 11.2 Å². The SMILES string of the molecule is Cc1cncnc1N/C=C\C(=N)NC(=O)C1(c2ccccc2F)CC1. The van der Waals surface area contributed by atoms with Crippen LogP contribution in [-0.2, 0) is 10.2 Å². The molecule has 7 heteroatoms. The number of carbonyl (C=O) groups excluding carboxylic acids is 1. The van der Waals surface area contributed by atoms with Crippen LogP contribution in [0, 0.1) is 18.2 Å². The van der Waals surface area contributed by atoms with Gasteiger partial charge in [-0.25, -0.2) is 14.4 Å². The zero-order valence-electron chi connectivity index (χ0n) is 13.7. The monoisotopic (exact) mass is 339 g/mol. The number of hydrogen-bond donors (Lipinski definition) is 3. The van der Waals surface area contributed by atoms with Gasteiger partial charge in [0.2, 0.25) is 5.91 Å². The second-order valence-electron chi connectivity index (χ2n) is 5.96. The number of aryl methyl sites for hydroxylation is 1. The second-order valence-corrected chi connectivity index (χ2v) is 5.96. The molecule has 3 rings (SSSR count). The summed E-state index contributed by atoms with van der Waals surface area (Å²) in [6, 6.07) is 6.28. The Morgan fingerprint density at radius 2 is 2.12 bits per heavy atom. The molecular weight excluding hydrogens is 321 g/mol. The van der Waals surface area contributed by atoms with Gasteiger partial charge in [-0.05, 0) is 31.9 Å². The molecule has 0 atom stereocenters. The summed E-state index contributed by atoms with van der Waals surface area (Å²) in [4.78, 5) is 20.4. The maximum atomic E-state index is 14.0. The van der Waals surface area contributed by atoms with Crippen molar-refractivity contribution in [2.45, 2.75) is 25.2 Å². The summed E-state index contributed by atoms with van der Waals surface area (Å²) in [5.74, 6) is -0.203. The predicted octanol–water partition coefficient (Wildman–Crippen LogP) is 2.67. The highest BCUT2D eigenvalue weighted by Gasteiger charge is 2.52. The van der Waals surface area contributed by atoms with Crippen LogP contribution in [-0.4, -0.2) is 21.7 Å². The molecule has 1 aliphatic carbocycles. The van der Waals surface area contributed by atoms with Crippen molar-refractivity contribution in [1.29, 1.82) is 5.41 Å². The molecule has 1 fully saturated rings. The van der Waals surface area contributed by atoms with Crippen molar-refractivity contribution in [3.8, 4) is 0 Å². The molecule has 1 heterocycles. The number of carbonyl (C=O) groups is 1. The maximum Gasteiger partial charge on any atom is 0.236 e. The van der Waals surface area contributed by atoms with E-state index in [9.17, 15) is 9.18 Å². The first kappa shape index (κ1) is 16.8. The number of nitrogens with one attached hydrogen (secondary N) is 3. The molecule has 25 heavy (non-hydrogen) atoms. The van der Waals surface area contributed by atoms with E-state index in [0.717, 1.165) is 5.56 Å². The summed E-state index contributed by atoms with van der Waals surface area (Å²) in [5, 5.41) is 13.3. The summed E-state index contributed by atoms with van der Waals surface area (Å²) in [5.41, 5.74) is 0.389. The zero-order chi connectivity index (χ0) is 17.9. The van der Waals surface area contributed by atoms with Gasteiger partial charge in [-0.2, -0.15) is 0 Å². The first-order chi connectivity index (χ1) is 12.0. The molecule has 128 valence electrons. The molecule has 0 saturated heterocycles. The van der Waals surface area contributed by atoms with Crippen LogP contribution >= 0.6 is 0 Å². The van der Waals surface area contributed by atoms with Crippen molar-refractivity contribution >= 4 is 17.6 Å². The Hall–Kier alpha value is -3.09. The van der Waals surface area contributed by atoms with E-state index in [1.165, 1.54) is 24.7 Å². The first-order valence-electron chi connectivity index (χ1n) is 7.88. The third kappa shape index (κ3) is 3.55. The summed E-state index contributed by atoms with van der Waals surface area (Å²) in [6.45, 7) is 1.86. The largest absolute Gasteiger partial charge is 0.346 e. The Balaban J connectivity index is 1.62. The molecule has 1 aromatic heterocycles. The molecule has 0 aliphatic heterocycles. The quantitative estimate of drug-likeness (QED) is 0.577. The summed E-state index contributed by atoms with van der Waals surface area (Å²) in [7, 11) is 0. The van der Waals surface area contributed by atoms with Crippen LogP contribution < -0.4 is 10.6 Å². The number of amidine groups is 1. The lowest BCUT2D eigenvalue weighted by Gasteiger charge is -2.16. The average Bonchev–Trinajstić information content (AvgIpc) is 3.39. The fourth-order valence-electron chi connectivity index (χ4n) is 2.63. The minimum atomic E-state index is -0.859. The van der Waals surface area contributed by atoms with E-state index in [1.54, 1.807) is 24.4 Å². The Bertz CT molecular complexity index is 845. The number of halogens is 1. The number of rotatable bonds is 5. The Labute approximate surface area is 144 Å². The lowest BCUT2D eigenvalue weighted by molar-refractivity contribution is -0.122. The van der Waals surface area contributed by atoms with Gasteiger partial charge in [0, 0.05) is 23.5 Å². The number of aromatic nitrogens is 2. The summed E-state index contributed by atoms with van der Waals surface area (Å²) >= 11 is 0. The highest BCUT2D eigenvalue weighted by molar-refractivity contribution is 6.07. The van der Waals surface area contributed by atoms with E-state index >= 15 is 0 Å². The van der Waals surface area contributed by atoms with Gasteiger partial charge in [-0.3, -0.25) is 10.2 Å². The van der Waals surface area contributed by atoms with Crippen LogP contribution in [0.2, 0.25) is 0 Å². The van der Waals surface area contributed by atoms with Gasteiger partial charge in [-0.15, -0.1) is 0 Å². The molecule has 2 aromatic rings. The topological polar surface area (TPSA) is 90.8 Å². The first-order valence-corrected chi connectivity index (χ1v) is 7.88. The van der Waals surface area contributed by atoms with Crippen LogP contribution in [0.25, 0.3) is 0 Å². The lowest BCUT2D eigenvalue weighted by Crippen LogP contribution is -2.38. The predicted molar refractivity (Wildman–Crippen MR) is 92.7 cm³/mol. The van der Waals surface area contributed by atoms with Gasteiger partial charge in [0.05, 0.1) is 5.41 Å². The van der Waals surface area contributed by atoms with Gasteiger partial charge in [0.25, 0.3) is 0 Å². The summed E-state index contributed by atoms with van der Waals surface area (Å²) < 4.78 is 14.0. The van der Waals surface area contributed by atoms with Crippen LogP contribution in [0.4, 0.5) is 10.2 Å². The van der Waals surface area contributed by atoms with Crippen LogP contribution in [0.5, 0.6) is 0 Å². The zero-order valence-corrected chi connectivity index (χ0v) is 13.7. The lowest BCUT2D eigenvalue weighted by atomic mass is 9.94. The van der Waals surface area contributed by atoms with Crippen molar-refractivity contribution < 1.29 is 9.18 Å². The fraction of sp³-hybridized carbons (Fsp3) is 0.222. The van der Waals surface area contributed by atoms with Gasteiger partial charge in [-0.1, -0.05) is 18.2 Å². The van der Waals surface area contributed by atoms with E-state index in [2.05, 4.69) is 20.6 Å². The number of benzene rings is 1. The third-order valence-electron chi connectivity index (χ3n) is 4.19. The smallest absolute Gasteiger partial charge is 0.236 e.